The topological polar surface area (TPSA) is 112 Å². The molecule has 0 aliphatic carbocycles. The predicted molar refractivity (Wildman–Crippen MR) is 76.2 cm³/mol. The second kappa shape index (κ2) is 6.64. The molecule has 0 bridgehead atoms. The van der Waals surface area contributed by atoms with Gasteiger partial charge in [0.2, 0.25) is 0 Å². The predicted octanol–water partition coefficient (Wildman–Crippen LogP) is 0.427. The second-order valence-corrected chi connectivity index (χ2v) is 12.0. The Balaban J connectivity index is 3.82. The van der Waals surface area contributed by atoms with E-state index in [0.717, 1.165) is 0 Å². The number of hydrogen-bond donors (Lipinski definition) is 2. The maximum absolute atomic E-state index is 11.8. The molecule has 7 nitrogen and oxygen atoms in total. The van der Waals surface area contributed by atoms with Crippen molar-refractivity contribution in [3.8, 4) is 5.81 Å². The summed E-state index contributed by atoms with van der Waals surface area (Å²) in [5.41, 5.74) is 0. The Morgan fingerprint density at radius 1 is 1.50 bits per heavy atom. The number of nitroso groups, excluding NO2 is 1. The molecule has 0 heterocycles. The van der Waals surface area contributed by atoms with Crippen molar-refractivity contribution in [2.75, 3.05) is 44.6 Å². The molecule has 0 unspecified atom stereocenters. The van der Waals surface area contributed by atoms with Gasteiger partial charge in [-0.05, 0) is 0 Å². The van der Waals surface area contributed by atoms with Crippen molar-refractivity contribution >= 4 is 17.0 Å². The van der Waals surface area contributed by atoms with Gasteiger partial charge < -0.3 is 0 Å². The summed E-state index contributed by atoms with van der Waals surface area (Å²) in [7, 11) is -5.23. The zero-order chi connectivity index (χ0) is 14.3. The molecule has 0 spiro atoms. The molecule has 18 heavy (non-hydrogen) atoms. The van der Waals surface area contributed by atoms with Gasteiger partial charge in [0.1, 0.15) is 0 Å². The molecule has 108 valence electrons. The first-order valence-corrected chi connectivity index (χ1v) is 10.5. The summed E-state index contributed by atoms with van der Waals surface area (Å²) in [6, 6.07) is 0. The standard InChI is InChI=1S/C9H22N3O4PS/c1-16-17(14,9-10)7-6-11-5-4-8-18(2,3,15)12-13/h11,14,17H,4-8H2,1-3H3. The first kappa shape index (κ1) is 17.6. The van der Waals surface area contributed by atoms with E-state index in [-0.39, 0.29) is 11.9 Å². The van der Waals surface area contributed by atoms with Crippen molar-refractivity contribution in [2.24, 2.45) is 4.58 Å². The molecule has 0 aromatic heterocycles. The first-order chi connectivity index (χ1) is 8.16. The summed E-state index contributed by atoms with van der Waals surface area (Å²) >= 11 is 0. The van der Waals surface area contributed by atoms with Crippen LogP contribution in [-0.4, -0.2) is 53.7 Å². The van der Waals surface area contributed by atoms with Gasteiger partial charge in [0, 0.05) is 0 Å². The number of nitriles is 1. The third kappa shape index (κ3) is 7.09. The molecule has 2 N–H and O–H groups in total. The normalized spacial score (nSPS) is 15.4. The van der Waals surface area contributed by atoms with Gasteiger partial charge in [0.05, 0.1) is 0 Å². The van der Waals surface area contributed by atoms with Crippen LogP contribution in [0.25, 0.3) is 0 Å². The number of nitrogens with zero attached hydrogens (tertiary/aromatic N) is 2. The van der Waals surface area contributed by atoms with Crippen LogP contribution in [0.1, 0.15) is 6.42 Å². The number of nitrogens with one attached hydrogen (secondary N) is 1. The van der Waals surface area contributed by atoms with Crippen LogP contribution in [0.4, 0.5) is 0 Å². The molecule has 0 rings (SSSR count). The zero-order valence-corrected chi connectivity index (χ0v) is 12.8. The summed E-state index contributed by atoms with van der Waals surface area (Å²) in [6.45, 7) is 0.990. The molecule has 0 aliphatic heterocycles. The molecule has 0 fully saturated rings. The van der Waals surface area contributed by atoms with Crippen LogP contribution in [0, 0.1) is 16.0 Å². The summed E-state index contributed by atoms with van der Waals surface area (Å²) in [5, 5.41) is 11.7. The van der Waals surface area contributed by atoms with Gasteiger partial charge in [-0.15, -0.1) is 0 Å². The average molecular weight is 299 g/mol. The summed E-state index contributed by atoms with van der Waals surface area (Å²) < 4.78 is 19.3. The third-order valence-electron chi connectivity index (χ3n) is 2.47. The van der Waals surface area contributed by atoms with Crippen LogP contribution in [0.15, 0.2) is 4.58 Å². The van der Waals surface area contributed by atoms with Crippen molar-refractivity contribution in [3.05, 3.63) is 4.91 Å². The molecule has 9 heteroatoms. The molecule has 0 amide bonds. The second-order valence-electron chi connectivity index (χ2n) is 4.74. The fourth-order valence-corrected chi connectivity index (χ4v) is 3.20. The van der Waals surface area contributed by atoms with Crippen molar-refractivity contribution in [3.63, 3.8) is 0 Å². The Bertz CT molecular complexity index is 392. The van der Waals surface area contributed by atoms with Crippen molar-refractivity contribution < 1.29 is 13.6 Å². The molecular weight excluding hydrogens is 277 g/mol. The van der Waals surface area contributed by atoms with Gasteiger partial charge >= 0.3 is 108 Å². The number of rotatable bonds is 9. The Labute approximate surface area is 108 Å². The van der Waals surface area contributed by atoms with E-state index in [1.807, 2.05) is 0 Å². The summed E-state index contributed by atoms with van der Waals surface area (Å²) in [6.07, 6.45) is 3.56. The van der Waals surface area contributed by atoms with E-state index >= 15 is 0 Å². The van der Waals surface area contributed by atoms with Crippen molar-refractivity contribution in [1.82, 2.24) is 5.32 Å². The zero-order valence-electron chi connectivity index (χ0n) is 11.0. The van der Waals surface area contributed by atoms with Crippen LogP contribution in [-0.2, 0) is 13.8 Å². The molecule has 0 aromatic carbocycles. The number of hydrogen-bond acceptors (Lipinski definition) is 6. The van der Waals surface area contributed by atoms with E-state index < -0.39 is 17.0 Å². The van der Waals surface area contributed by atoms with Crippen LogP contribution >= 0.6 is 7.72 Å². The minimum atomic E-state index is -3.35. The third-order valence-corrected chi connectivity index (χ3v) is 6.34. The van der Waals surface area contributed by atoms with E-state index in [2.05, 4.69) is 9.90 Å². The Morgan fingerprint density at radius 3 is 2.56 bits per heavy atom. The molecule has 0 radical (unpaired) electrons. The van der Waals surface area contributed by atoms with E-state index in [1.165, 1.54) is 19.6 Å². The fourth-order valence-electron chi connectivity index (χ4n) is 1.23. The van der Waals surface area contributed by atoms with Crippen molar-refractivity contribution in [1.29, 1.82) is 5.26 Å². The van der Waals surface area contributed by atoms with Gasteiger partial charge in [0.15, 0.2) is 0 Å². The van der Waals surface area contributed by atoms with Crippen molar-refractivity contribution in [2.45, 2.75) is 6.42 Å². The Kier molecular flexibility index (Phi) is 6.47. The van der Waals surface area contributed by atoms with E-state index in [9.17, 15) is 14.0 Å². The van der Waals surface area contributed by atoms with Crippen LogP contribution in [0.5, 0.6) is 0 Å². The maximum atomic E-state index is 11.8. The van der Waals surface area contributed by atoms with E-state index in [1.54, 1.807) is 5.81 Å². The molecule has 0 aliphatic rings. The van der Waals surface area contributed by atoms with Crippen LogP contribution < -0.4 is 5.32 Å². The van der Waals surface area contributed by atoms with Gasteiger partial charge in [-0.25, -0.2) is 0 Å². The minimum absolute atomic E-state index is 0.234. The molecule has 0 aromatic rings. The fraction of sp³-hybridized carbons (Fsp3) is 0.889. The average Bonchev–Trinajstić information content (AvgIpc) is 2.33. The quantitative estimate of drug-likeness (QED) is 0.363. The summed E-state index contributed by atoms with van der Waals surface area (Å²) in [5.74, 6) is 2.02. The van der Waals surface area contributed by atoms with Crippen LogP contribution in [0.3, 0.4) is 0 Å². The van der Waals surface area contributed by atoms with Gasteiger partial charge in [-0.1, -0.05) is 0 Å². The van der Waals surface area contributed by atoms with E-state index in [4.69, 9.17) is 9.79 Å². The first-order valence-electron chi connectivity index (χ1n) is 5.51. The molecular formula is C9H22N3O4PS. The molecule has 0 atom stereocenters. The Hall–Kier alpha value is -0.450. The van der Waals surface area contributed by atoms with E-state index in [0.29, 0.717) is 19.5 Å². The molecule has 0 saturated heterocycles. The van der Waals surface area contributed by atoms with Gasteiger partial charge in [-0.3, -0.25) is 0 Å². The summed E-state index contributed by atoms with van der Waals surface area (Å²) in [4.78, 5) is 20.1. The van der Waals surface area contributed by atoms with Crippen LogP contribution in [0.2, 0.25) is 0 Å². The van der Waals surface area contributed by atoms with Gasteiger partial charge in [-0.2, -0.15) is 0 Å². The van der Waals surface area contributed by atoms with Gasteiger partial charge in [0.25, 0.3) is 0 Å². The molecule has 0 saturated carbocycles. The Morgan fingerprint density at radius 2 is 2.11 bits per heavy atom. The monoisotopic (exact) mass is 299 g/mol. The SMILES string of the molecule is CO[PH](O)(C#N)CCNCCCS(C)(C)(=O)N=O.